The zero-order chi connectivity index (χ0) is 26.7. The second-order valence-electron chi connectivity index (χ2n) is 7.92. The van der Waals surface area contributed by atoms with E-state index >= 15 is 0 Å². The lowest BCUT2D eigenvalue weighted by Gasteiger charge is -2.10. The molecule has 9 nitrogen and oxygen atoms in total. The second-order valence-corrected chi connectivity index (χ2v) is 9.87. The number of pyridine rings is 1. The normalized spacial score (nSPS) is 11.6. The Kier molecular flexibility index (Phi) is 7.45. The van der Waals surface area contributed by atoms with Crippen molar-refractivity contribution in [1.82, 2.24) is 14.8 Å². The number of methoxy groups -OCH3 is 1. The third-order valence-electron chi connectivity index (χ3n) is 5.18. The summed E-state index contributed by atoms with van der Waals surface area (Å²) in [6.07, 6.45) is 1.99. The third kappa shape index (κ3) is 5.73. The van der Waals surface area contributed by atoms with E-state index in [0.29, 0.717) is 31.3 Å². The highest BCUT2D eigenvalue weighted by molar-refractivity contribution is 7.90. The monoisotopic (exact) mass is 535 g/mol. The summed E-state index contributed by atoms with van der Waals surface area (Å²) in [4.78, 5) is 11.0. The topological polar surface area (TPSA) is 114 Å². The van der Waals surface area contributed by atoms with E-state index in [9.17, 15) is 26.4 Å². The van der Waals surface area contributed by atoms with Gasteiger partial charge < -0.3 is 18.5 Å². The zero-order valence-corrected chi connectivity index (χ0v) is 20.4. The van der Waals surface area contributed by atoms with Crippen LogP contribution in [0.5, 0.6) is 5.75 Å². The Morgan fingerprint density at radius 2 is 1.76 bits per heavy atom. The molecule has 0 saturated heterocycles. The van der Waals surface area contributed by atoms with Crippen LogP contribution in [0.4, 0.5) is 13.2 Å². The molecule has 2 aromatic carbocycles. The highest BCUT2D eigenvalue weighted by Crippen LogP contribution is 2.31. The fourth-order valence-corrected chi connectivity index (χ4v) is 4.31. The summed E-state index contributed by atoms with van der Waals surface area (Å²) < 4.78 is 83.7. The van der Waals surface area contributed by atoms with E-state index in [1.807, 2.05) is 0 Å². The largest absolute Gasteiger partial charge is 0.491 e. The first-order chi connectivity index (χ1) is 17.6. The van der Waals surface area contributed by atoms with Crippen LogP contribution in [0.3, 0.4) is 0 Å². The van der Waals surface area contributed by atoms with Crippen LogP contribution in [0.1, 0.15) is 5.56 Å². The summed E-state index contributed by atoms with van der Waals surface area (Å²) in [5.74, 6) is -5.19. The van der Waals surface area contributed by atoms with E-state index in [1.165, 1.54) is 22.9 Å². The SMILES string of the molecule is COCCOc1cccc(Cn2cc(-c3nnc(-c4cc(F)c(S(C)(=O)=O)c(F)c4F)o3)ccc2=O)c1. The summed E-state index contributed by atoms with van der Waals surface area (Å²) in [6, 6.07) is 10.2. The molecule has 0 saturated carbocycles. The molecule has 0 spiro atoms. The number of sulfone groups is 1. The quantitative estimate of drug-likeness (QED) is 0.237. The summed E-state index contributed by atoms with van der Waals surface area (Å²) >= 11 is 0. The van der Waals surface area contributed by atoms with Crippen LogP contribution in [0.25, 0.3) is 22.9 Å². The summed E-state index contributed by atoms with van der Waals surface area (Å²) in [5.41, 5.74) is -0.0418. The van der Waals surface area contributed by atoms with Gasteiger partial charge in [-0.05, 0) is 29.8 Å². The summed E-state index contributed by atoms with van der Waals surface area (Å²) in [5, 5.41) is 7.40. The van der Waals surface area contributed by atoms with Crippen molar-refractivity contribution in [2.24, 2.45) is 0 Å². The lowest BCUT2D eigenvalue weighted by Crippen LogP contribution is -2.19. The van der Waals surface area contributed by atoms with Crippen LogP contribution in [0.15, 0.2) is 62.8 Å². The Morgan fingerprint density at radius 1 is 1.00 bits per heavy atom. The first kappa shape index (κ1) is 26.1. The first-order valence-electron chi connectivity index (χ1n) is 10.7. The average Bonchev–Trinajstić information content (AvgIpc) is 3.32. The molecule has 2 heterocycles. The Morgan fingerprint density at radius 3 is 2.49 bits per heavy atom. The van der Waals surface area contributed by atoms with E-state index in [-0.39, 0.29) is 23.6 Å². The van der Waals surface area contributed by atoms with Gasteiger partial charge in [-0.3, -0.25) is 4.79 Å². The van der Waals surface area contributed by atoms with Crippen LogP contribution >= 0.6 is 0 Å². The molecule has 37 heavy (non-hydrogen) atoms. The van der Waals surface area contributed by atoms with E-state index in [0.717, 1.165) is 5.56 Å². The first-order valence-corrected chi connectivity index (χ1v) is 12.6. The van der Waals surface area contributed by atoms with Crippen LogP contribution in [-0.4, -0.2) is 49.8 Å². The van der Waals surface area contributed by atoms with Gasteiger partial charge in [0.25, 0.3) is 11.4 Å². The molecule has 0 aliphatic rings. The van der Waals surface area contributed by atoms with Crippen LogP contribution < -0.4 is 10.3 Å². The van der Waals surface area contributed by atoms with Crippen molar-refractivity contribution in [2.75, 3.05) is 26.6 Å². The van der Waals surface area contributed by atoms with Crippen molar-refractivity contribution < 1.29 is 35.5 Å². The van der Waals surface area contributed by atoms with Gasteiger partial charge in [-0.25, -0.2) is 21.6 Å². The van der Waals surface area contributed by atoms with Crippen molar-refractivity contribution in [3.8, 4) is 28.7 Å². The van der Waals surface area contributed by atoms with Gasteiger partial charge in [0.05, 0.1) is 24.3 Å². The van der Waals surface area contributed by atoms with Crippen molar-refractivity contribution in [3.63, 3.8) is 0 Å². The zero-order valence-electron chi connectivity index (χ0n) is 19.6. The fourth-order valence-electron chi connectivity index (χ4n) is 3.48. The molecule has 0 fully saturated rings. The number of aromatic nitrogens is 3. The minimum Gasteiger partial charge on any atom is -0.491 e. The van der Waals surface area contributed by atoms with Gasteiger partial charge in [0.1, 0.15) is 23.1 Å². The van der Waals surface area contributed by atoms with Crippen LogP contribution in [-0.2, 0) is 21.1 Å². The van der Waals surface area contributed by atoms with Crippen molar-refractivity contribution in [2.45, 2.75) is 11.4 Å². The van der Waals surface area contributed by atoms with E-state index in [1.54, 1.807) is 31.4 Å². The van der Waals surface area contributed by atoms with Gasteiger partial charge in [-0.2, -0.15) is 0 Å². The smallest absolute Gasteiger partial charge is 0.251 e. The van der Waals surface area contributed by atoms with Crippen LogP contribution in [0, 0.1) is 17.5 Å². The fraction of sp³-hybridized carbons (Fsp3) is 0.208. The number of benzene rings is 2. The standard InChI is InChI=1S/C24H20F3N3O6S/c1-34-8-9-35-16-5-3-4-14(10-16)12-30-13-15(6-7-19(30)31)23-28-29-24(36-23)17-11-18(25)22(37(2,32)33)21(27)20(17)26/h3-7,10-11,13H,8-9,12H2,1-2H3. The number of halogens is 3. The Balaban J connectivity index is 1.63. The Bertz CT molecular complexity index is 1620. The number of hydrogen-bond acceptors (Lipinski definition) is 8. The summed E-state index contributed by atoms with van der Waals surface area (Å²) in [6.45, 7) is 0.955. The molecule has 194 valence electrons. The number of nitrogens with zero attached hydrogens (tertiary/aromatic N) is 3. The van der Waals surface area contributed by atoms with Gasteiger partial charge in [0.15, 0.2) is 21.5 Å². The molecule has 0 atom stereocenters. The minimum atomic E-state index is -4.37. The molecule has 0 amide bonds. The molecular formula is C24H20F3N3O6S. The van der Waals surface area contributed by atoms with Gasteiger partial charge >= 0.3 is 0 Å². The van der Waals surface area contributed by atoms with Gasteiger partial charge in [-0.15, -0.1) is 10.2 Å². The number of ether oxygens (including phenoxy) is 2. The number of hydrogen-bond donors (Lipinski definition) is 0. The maximum absolute atomic E-state index is 14.6. The molecule has 0 unspecified atom stereocenters. The molecule has 0 aliphatic carbocycles. The maximum Gasteiger partial charge on any atom is 0.251 e. The van der Waals surface area contributed by atoms with Gasteiger partial charge in [0.2, 0.25) is 5.89 Å². The molecule has 2 aromatic heterocycles. The summed E-state index contributed by atoms with van der Waals surface area (Å²) in [7, 11) is -2.81. The highest BCUT2D eigenvalue weighted by Gasteiger charge is 2.28. The van der Waals surface area contributed by atoms with Crippen LogP contribution in [0.2, 0.25) is 0 Å². The predicted octanol–water partition coefficient (Wildman–Crippen LogP) is 3.46. The minimum absolute atomic E-state index is 0.159. The lowest BCUT2D eigenvalue weighted by atomic mass is 10.2. The van der Waals surface area contributed by atoms with Crippen molar-refractivity contribution in [1.29, 1.82) is 0 Å². The average molecular weight is 536 g/mol. The van der Waals surface area contributed by atoms with E-state index in [4.69, 9.17) is 13.9 Å². The highest BCUT2D eigenvalue weighted by atomic mass is 32.2. The molecule has 0 N–H and O–H groups in total. The van der Waals surface area contributed by atoms with E-state index in [2.05, 4.69) is 10.2 Å². The van der Waals surface area contributed by atoms with Gasteiger partial charge in [0, 0.05) is 25.6 Å². The molecule has 0 aliphatic heterocycles. The van der Waals surface area contributed by atoms with Crippen molar-refractivity contribution >= 4 is 9.84 Å². The lowest BCUT2D eigenvalue weighted by molar-refractivity contribution is 0.146. The molecule has 13 heteroatoms. The predicted molar refractivity (Wildman–Crippen MR) is 125 cm³/mol. The Labute approximate surface area is 209 Å². The molecule has 4 rings (SSSR count). The molecule has 0 bridgehead atoms. The molecular weight excluding hydrogens is 515 g/mol. The van der Waals surface area contributed by atoms with Crippen molar-refractivity contribution in [3.05, 3.63) is 82.0 Å². The van der Waals surface area contributed by atoms with Gasteiger partial charge in [-0.1, -0.05) is 12.1 Å². The second kappa shape index (κ2) is 10.6. The third-order valence-corrected chi connectivity index (χ3v) is 6.30. The molecule has 0 radical (unpaired) electrons. The van der Waals surface area contributed by atoms with E-state index < -0.39 is 43.6 Å². The Hall–Kier alpha value is -3.97. The number of rotatable bonds is 9. The maximum atomic E-state index is 14.6. The molecule has 4 aromatic rings.